The Kier molecular flexibility index (Phi) is 20.9. The molecule has 0 unspecified atom stereocenters. The van der Waals surface area contributed by atoms with Crippen molar-refractivity contribution in [3.05, 3.63) is 0 Å². The van der Waals surface area contributed by atoms with E-state index < -0.39 is 0 Å². The van der Waals surface area contributed by atoms with E-state index in [2.05, 4.69) is 6.92 Å². The number of hydrogen-bond acceptors (Lipinski definition) is 0. The number of unbranched alkanes of at least 4 members (excludes halogenated alkanes) is 18. The van der Waals surface area contributed by atoms with Crippen molar-refractivity contribution in [2.24, 2.45) is 0 Å². The molecule has 0 saturated heterocycles. The summed E-state index contributed by atoms with van der Waals surface area (Å²) in [6, 6.07) is 0. The summed E-state index contributed by atoms with van der Waals surface area (Å²) in [4.78, 5) is 0. The second-order valence-electron chi connectivity index (χ2n) is 7.07. The third kappa shape index (κ3) is 20.0. The van der Waals surface area contributed by atoms with Crippen molar-refractivity contribution in [1.29, 1.82) is 0 Å². The Morgan fingerprint density at radius 1 is 0.364 bits per heavy atom. The minimum absolute atomic E-state index is 0.124. The molecule has 0 fully saturated rings. The molecule has 0 aliphatic carbocycles. The van der Waals surface area contributed by atoms with Gasteiger partial charge in [0.1, 0.15) is 0 Å². The first-order valence-corrected chi connectivity index (χ1v) is 10.5. The van der Waals surface area contributed by atoms with E-state index in [1.807, 2.05) is 0 Å². The van der Waals surface area contributed by atoms with Gasteiger partial charge in [0.25, 0.3) is 0 Å². The monoisotopic (exact) mass is 311 g/mol. The van der Waals surface area contributed by atoms with E-state index in [4.69, 9.17) is 0 Å². The Morgan fingerprint density at radius 3 is 0.818 bits per heavy atom. The van der Waals surface area contributed by atoms with Crippen molar-refractivity contribution in [1.82, 2.24) is 0 Å². The summed E-state index contributed by atoms with van der Waals surface area (Å²) in [5.41, 5.74) is 0. The summed E-state index contributed by atoms with van der Waals surface area (Å²) in [6.45, 7) is 2.41. The number of hydrogen-bond donors (Lipinski definition) is 0. The first-order chi connectivity index (χ1) is 10.9. The van der Waals surface area contributed by atoms with Crippen molar-refractivity contribution in [3.8, 4) is 0 Å². The highest BCUT2D eigenvalue weighted by Gasteiger charge is 1.95. The maximum Gasteiger partial charge on any atom is 0.0822 e. The van der Waals surface area contributed by atoms with E-state index in [0.717, 1.165) is 12.8 Å². The van der Waals surface area contributed by atoms with E-state index in [-0.39, 0.29) is 6.61 Å². The van der Waals surface area contributed by atoms with Crippen molar-refractivity contribution < 1.29 is 5.11 Å². The van der Waals surface area contributed by atoms with Crippen LogP contribution in [0.1, 0.15) is 129 Å². The molecule has 0 saturated carbocycles. The fourth-order valence-corrected chi connectivity index (χ4v) is 3.18. The van der Waals surface area contributed by atoms with Crippen molar-refractivity contribution in [2.75, 3.05) is 6.61 Å². The molecule has 0 aromatic rings. The quantitative estimate of drug-likeness (QED) is 0.216. The summed E-state index contributed by atoms with van der Waals surface area (Å²) in [6.07, 6.45) is 26.3. The summed E-state index contributed by atoms with van der Waals surface area (Å²) in [7, 11) is 0. The molecule has 0 N–H and O–H groups in total. The molecule has 133 valence electrons. The Balaban J connectivity index is 2.91. The van der Waals surface area contributed by atoms with Crippen LogP contribution in [0.5, 0.6) is 0 Å². The Labute approximate surface area is 141 Å². The molecule has 0 amide bonds. The topological polar surface area (TPSA) is 19.9 Å². The first kappa shape index (κ1) is 22.0. The van der Waals surface area contributed by atoms with Crippen LogP contribution in [0, 0.1) is 0 Å². The Hall–Kier alpha value is -0.0400. The highest BCUT2D eigenvalue weighted by atomic mass is 16.2. The largest absolute Gasteiger partial charge is 0.237 e. The van der Waals surface area contributed by atoms with Crippen LogP contribution in [0.3, 0.4) is 0 Å². The van der Waals surface area contributed by atoms with E-state index in [0.29, 0.717) is 0 Å². The lowest BCUT2D eigenvalue weighted by atomic mass is 10.0. The molecule has 0 aliphatic heterocycles. The predicted molar refractivity (Wildman–Crippen MR) is 99.0 cm³/mol. The highest BCUT2D eigenvalue weighted by Crippen LogP contribution is 2.14. The van der Waals surface area contributed by atoms with Gasteiger partial charge in [0.15, 0.2) is 0 Å². The van der Waals surface area contributed by atoms with Gasteiger partial charge in [-0.15, -0.1) is 0 Å². The molecule has 0 aromatic heterocycles. The van der Waals surface area contributed by atoms with Gasteiger partial charge in [-0.3, -0.25) is 0 Å². The molecule has 1 nitrogen and oxygen atoms in total. The first-order valence-electron chi connectivity index (χ1n) is 10.5. The lowest BCUT2D eigenvalue weighted by Crippen LogP contribution is -1.84. The SMILES string of the molecule is CCCCCCCCCCCCCCCCCCCCC[O]. The summed E-state index contributed by atoms with van der Waals surface area (Å²) in [5.74, 6) is 0. The van der Waals surface area contributed by atoms with Crippen molar-refractivity contribution in [3.63, 3.8) is 0 Å². The van der Waals surface area contributed by atoms with Crippen LogP contribution in [0.15, 0.2) is 0 Å². The molecule has 0 spiro atoms. The standard InChI is InChI=1S/C21H43O/c1-2-3-4-5-6-7-8-9-10-11-12-13-14-15-16-17-18-19-20-21-22/h2-21H2,1H3. The van der Waals surface area contributed by atoms with Gasteiger partial charge in [-0.1, -0.05) is 122 Å². The van der Waals surface area contributed by atoms with Gasteiger partial charge in [0, 0.05) is 0 Å². The average Bonchev–Trinajstić information content (AvgIpc) is 2.54. The smallest absolute Gasteiger partial charge is 0.0822 e. The molecule has 0 heterocycles. The van der Waals surface area contributed by atoms with Gasteiger partial charge in [-0.2, -0.15) is 0 Å². The fourth-order valence-electron chi connectivity index (χ4n) is 3.18. The molecule has 1 radical (unpaired) electrons. The van der Waals surface area contributed by atoms with Gasteiger partial charge < -0.3 is 0 Å². The third-order valence-electron chi connectivity index (χ3n) is 4.75. The summed E-state index contributed by atoms with van der Waals surface area (Å²) < 4.78 is 0. The van der Waals surface area contributed by atoms with Crippen LogP contribution in [-0.2, 0) is 5.11 Å². The second kappa shape index (κ2) is 21.0. The van der Waals surface area contributed by atoms with Crippen LogP contribution in [-0.4, -0.2) is 6.61 Å². The van der Waals surface area contributed by atoms with Crippen LogP contribution >= 0.6 is 0 Å². The second-order valence-corrected chi connectivity index (χ2v) is 7.07. The van der Waals surface area contributed by atoms with E-state index in [9.17, 15) is 5.11 Å². The molecule has 0 atom stereocenters. The van der Waals surface area contributed by atoms with Gasteiger partial charge in [-0.25, -0.2) is 5.11 Å². The van der Waals surface area contributed by atoms with E-state index in [1.165, 1.54) is 109 Å². The van der Waals surface area contributed by atoms with Crippen LogP contribution < -0.4 is 0 Å². The van der Waals surface area contributed by atoms with Crippen molar-refractivity contribution in [2.45, 2.75) is 129 Å². The molecule has 0 rings (SSSR count). The molecular weight excluding hydrogens is 268 g/mol. The zero-order chi connectivity index (χ0) is 16.1. The molecule has 22 heavy (non-hydrogen) atoms. The normalized spacial score (nSPS) is 11.2. The maximum atomic E-state index is 10.3. The molecule has 1 heteroatoms. The lowest BCUT2D eigenvalue weighted by molar-refractivity contribution is 0.186. The van der Waals surface area contributed by atoms with E-state index >= 15 is 0 Å². The molecule has 0 aliphatic rings. The van der Waals surface area contributed by atoms with Gasteiger partial charge in [0.2, 0.25) is 0 Å². The van der Waals surface area contributed by atoms with Crippen molar-refractivity contribution >= 4 is 0 Å². The highest BCUT2D eigenvalue weighted by molar-refractivity contribution is 4.50. The minimum Gasteiger partial charge on any atom is -0.237 e. The summed E-state index contributed by atoms with van der Waals surface area (Å²) >= 11 is 0. The fraction of sp³-hybridized carbons (Fsp3) is 1.00. The van der Waals surface area contributed by atoms with Crippen LogP contribution in [0.2, 0.25) is 0 Å². The minimum atomic E-state index is 0.124. The zero-order valence-electron chi connectivity index (χ0n) is 15.6. The maximum absolute atomic E-state index is 10.3. The van der Waals surface area contributed by atoms with E-state index in [1.54, 1.807) is 0 Å². The number of rotatable bonds is 19. The third-order valence-corrected chi connectivity index (χ3v) is 4.75. The van der Waals surface area contributed by atoms with Gasteiger partial charge in [-0.05, 0) is 6.42 Å². The Bertz CT molecular complexity index is 159. The van der Waals surface area contributed by atoms with Gasteiger partial charge in [0.05, 0.1) is 6.61 Å². The van der Waals surface area contributed by atoms with Crippen LogP contribution in [0.4, 0.5) is 0 Å². The summed E-state index contributed by atoms with van der Waals surface area (Å²) in [5, 5.41) is 10.3. The Morgan fingerprint density at radius 2 is 0.591 bits per heavy atom. The van der Waals surface area contributed by atoms with Gasteiger partial charge >= 0.3 is 0 Å². The lowest BCUT2D eigenvalue weighted by Gasteiger charge is -2.03. The van der Waals surface area contributed by atoms with Crippen LogP contribution in [0.25, 0.3) is 0 Å². The molecule has 0 aromatic carbocycles. The molecular formula is C21H43O. The predicted octanol–water partition coefficient (Wildman–Crippen LogP) is 7.85. The average molecular weight is 312 g/mol. The molecule has 0 bridgehead atoms. The zero-order valence-corrected chi connectivity index (χ0v) is 15.6.